The normalized spacial score (nSPS) is 15.7. The number of hydrogen-bond acceptors (Lipinski definition) is 4. The van der Waals surface area contributed by atoms with E-state index in [1.807, 2.05) is 18.7 Å². The van der Waals surface area contributed by atoms with E-state index in [0.29, 0.717) is 6.04 Å². The van der Waals surface area contributed by atoms with Crippen molar-refractivity contribution in [1.82, 2.24) is 9.88 Å². The highest BCUT2D eigenvalue weighted by molar-refractivity contribution is 7.11. The summed E-state index contributed by atoms with van der Waals surface area (Å²) in [5.41, 5.74) is 1.04. The van der Waals surface area contributed by atoms with Gasteiger partial charge in [-0.05, 0) is 26.7 Å². The van der Waals surface area contributed by atoms with Crippen LogP contribution >= 0.6 is 11.3 Å². The van der Waals surface area contributed by atoms with Crippen LogP contribution in [0.1, 0.15) is 28.4 Å². The van der Waals surface area contributed by atoms with Gasteiger partial charge in [-0.1, -0.05) is 0 Å². The Morgan fingerprint density at radius 2 is 2.25 bits per heavy atom. The van der Waals surface area contributed by atoms with Crippen molar-refractivity contribution in [3.8, 4) is 0 Å². The first-order chi connectivity index (χ1) is 7.56. The zero-order valence-electron chi connectivity index (χ0n) is 9.56. The smallest absolute Gasteiger partial charge is 0.317 e. The average Bonchev–Trinajstić information content (AvgIpc) is 2.93. The van der Waals surface area contributed by atoms with Gasteiger partial charge < -0.3 is 5.11 Å². The fraction of sp³-hybridized carbons (Fsp3) is 0.636. The summed E-state index contributed by atoms with van der Waals surface area (Å²) in [6.45, 7) is 4.85. The van der Waals surface area contributed by atoms with Crippen LogP contribution in [0.15, 0.2) is 0 Å². The highest BCUT2D eigenvalue weighted by atomic mass is 32.1. The van der Waals surface area contributed by atoms with Crippen molar-refractivity contribution in [2.75, 3.05) is 6.54 Å². The number of hydrogen-bond donors (Lipinski definition) is 1. The molecule has 0 aliphatic heterocycles. The van der Waals surface area contributed by atoms with Crippen LogP contribution < -0.4 is 0 Å². The Bertz CT molecular complexity index is 399. The van der Waals surface area contributed by atoms with E-state index in [0.717, 1.165) is 30.1 Å². The van der Waals surface area contributed by atoms with Gasteiger partial charge in [0.1, 0.15) is 0 Å². The lowest BCUT2D eigenvalue weighted by Crippen LogP contribution is -2.31. The largest absolute Gasteiger partial charge is 0.480 e. The molecule has 1 saturated carbocycles. The van der Waals surface area contributed by atoms with Gasteiger partial charge in [-0.15, -0.1) is 11.3 Å². The van der Waals surface area contributed by atoms with Crippen LogP contribution in [-0.2, 0) is 11.3 Å². The summed E-state index contributed by atoms with van der Waals surface area (Å²) in [4.78, 5) is 18.4. The minimum absolute atomic E-state index is 0.140. The molecule has 1 N–H and O–H groups in total. The molecule has 2 rings (SSSR count). The first-order valence-corrected chi connectivity index (χ1v) is 6.26. The molecule has 0 aromatic carbocycles. The first-order valence-electron chi connectivity index (χ1n) is 5.45. The molecule has 1 aromatic heterocycles. The number of aryl methyl sites for hydroxylation is 2. The van der Waals surface area contributed by atoms with Crippen LogP contribution in [0.5, 0.6) is 0 Å². The Kier molecular flexibility index (Phi) is 3.25. The maximum Gasteiger partial charge on any atom is 0.317 e. The fourth-order valence-corrected chi connectivity index (χ4v) is 2.80. The second kappa shape index (κ2) is 4.51. The number of carbonyl (C=O) groups is 1. The predicted octanol–water partition coefficient (Wildman–Crippen LogP) is 1.81. The molecule has 16 heavy (non-hydrogen) atoms. The Hall–Kier alpha value is -0.940. The summed E-state index contributed by atoms with van der Waals surface area (Å²) >= 11 is 1.67. The molecule has 0 spiro atoms. The lowest BCUT2D eigenvalue weighted by Gasteiger charge is -2.18. The van der Waals surface area contributed by atoms with Crippen molar-refractivity contribution in [1.29, 1.82) is 0 Å². The maximum atomic E-state index is 10.8. The molecule has 1 heterocycles. The number of aliphatic carboxylic acids is 1. The molecule has 1 aliphatic carbocycles. The molecule has 0 bridgehead atoms. The van der Waals surface area contributed by atoms with Crippen LogP contribution in [0, 0.1) is 13.8 Å². The zero-order chi connectivity index (χ0) is 11.7. The number of aromatic nitrogens is 1. The van der Waals surface area contributed by atoms with Gasteiger partial charge in [0, 0.05) is 17.5 Å². The van der Waals surface area contributed by atoms with E-state index < -0.39 is 5.97 Å². The second-order valence-corrected chi connectivity index (χ2v) is 5.56. The van der Waals surface area contributed by atoms with Crippen LogP contribution in [0.2, 0.25) is 0 Å². The Labute approximate surface area is 98.9 Å². The number of carboxylic acids is 1. The summed E-state index contributed by atoms with van der Waals surface area (Å²) < 4.78 is 0. The number of rotatable bonds is 5. The van der Waals surface area contributed by atoms with Crippen LogP contribution in [0.3, 0.4) is 0 Å². The third-order valence-electron chi connectivity index (χ3n) is 2.75. The Morgan fingerprint density at radius 3 is 2.69 bits per heavy atom. The van der Waals surface area contributed by atoms with Gasteiger partial charge in [-0.25, -0.2) is 4.98 Å². The quantitative estimate of drug-likeness (QED) is 0.852. The molecule has 0 radical (unpaired) electrons. The van der Waals surface area contributed by atoms with Gasteiger partial charge in [0.2, 0.25) is 0 Å². The molecule has 1 fully saturated rings. The van der Waals surface area contributed by atoms with Crippen LogP contribution in [0.4, 0.5) is 0 Å². The van der Waals surface area contributed by atoms with Crippen molar-refractivity contribution >= 4 is 17.3 Å². The first kappa shape index (κ1) is 11.5. The molecular weight excluding hydrogens is 224 g/mol. The average molecular weight is 240 g/mol. The van der Waals surface area contributed by atoms with E-state index in [9.17, 15) is 4.79 Å². The molecule has 5 heteroatoms. The monoisotopic (exact) mass is 240 g/mol. The van der Waals surface area contributed by atoms with Crippen molar-refractivity contribution in [2.24, 2.45) is 0 Å². The molecule has 88 valence electrons. The summed E-state index contributed by atoms with van der Waals surface area (Å²) in [6, 6.07) is 0.470. The van der Waals surface area contributed by atoms with Gasteiger partial charge in [0.15, 0.2) is 0 Å². The summed E-state index contributed by atoms with van der Waals surface area (Å²) in [5, 5.41) is 9.91. The lowest BCUT2D eigenvalue weighted by atomic mass is 10.3. The number of nitrogens with zero attached hydrogens (tertiary/aromatic N) is 2. The number of carboxylic acid groups (broad SMARTS) is 1. The molecular formula is C11H16N2O2S. The van der Waals surface area contributed by atoms with Crippen molar-refractivity contribution in [3.05, 3.63) is 15.6 Å². The van der Waals surface area contributed by atoms with Crippen molar-refractivity contribution in [2.45, 2.75) is 39.3 Å². The highest BCUT2D eigenvalue weighted by Crippen LogP contribution is 2.29. The van der Waals surface area contributed by atoms with Gasteiger partial charge in [-0.3, -0.25) is 9.69 Å². The highest BCUT2D eigenvalue weighted by Gasteiger charge is 2.30. The molecule has 4 nitrogen and oxygen atoms in total. The number of thiazole rings is 1. The van der Waals surface area contributed by atoms with E-state index in [1.165, 1.54) is 4.88 Å². The van der Waals surface area contributed by atoms with Crippen molar-refractivity contribution in [3.63, 3.8) is 0 Å². The molecule has 1 aliphatic rings. The van der Waals surface area contributed by atoms with Gasteiger partial charge in [0.25, 0.3) is 0 Å². The Balaban J connectivity index is 2.04. The Morgan fingerprint density at radius 1 is 1.56 bits per heavy atom. The van der Waals surface area contributed by atoms with E-state index >= 15 is 0 Å². The molecule has 0 unspecified atom stereocenters. The van der Waals surface area contributed by atoms with E-state index in [1.54, 1.807) is 11.3 Å². The van der Waals surface area contributed by atoms with Gasteiger partial charge in [-0.2, -0.15) is 0 Å². The van der Waals surface area contributed by atoms with Crippen LogP contribution in [-0.4, -0.2) is 33.5 Å². The minimum Gasteiger partial charge on any atom is -0.480 e. The molecule has 0 atom stereocenters. The molecule has 0 saturated heterocycles. The molecule has 0 amide bonds. The van der Waals surface area contributed by atoms with E-state index in [2.05, 4.69) is 4.98 Å². The third kappa shape index (κ3) is 2.80. The second-order valence-electron chi connectivity index (χ2n) is 4.27. The third-order valence-corrected chi connectivity index (χ3v) is 3.81. The summed E-state index contributed by atoms with van der Waals surface area (Å²) in [6.07, 6.45) is 2.26. The molecule has 1 aromatic rings. The maximum absolute atomic E-state index is 10.8. The van der Waals surface area contributed by atoms with E-state index in [-0.39, 0.29) is 6.54 Å². The van der Waals surface area contributed by atoms with Crippen molar-refractivity contribution < 1.29 is 9.90 Å². The van der Waals surface area contributed by atoms with Gasteiger partial charge in [0.05, 0.1) is 17.2 Å². The fourth-order valence-electron chi connectivity index (χ4n) is 1.83. The summed E-state index contributed by atoms with van der Waals surface area (Å²) in [7, 11) is 0. The zero-order valence-corrected chi connectivity index (χ0v) is 10.4. The lowest BCUT2D eigenvalue weighted by molar-refractivity contribution is -0.138. The summed E-state index contributed by atoms with van der Waals surface area (Å²) in [5.74, 6) is -0.745. The van der Waals surface area contributed by atoms with Gasteiger partial charge >= 0.3 is 5.97 Å². The SMILES string of the molecule is Cc1nc(C)c(CN(CC(=O)O)C2CC2)s1. The van der Waals surface area contributed by atoms with E-state index in [4.69, 9.17) is 5.11 Å². The van der Waals surface area contributed by atoms with Crippen LogP contribution in [0.25, 0.3) is 0 Å². The standard InChI is InChI=1S/C11H16N2O2S/c1-7-10(16-8(2)12-7)5-13(6-11(14)15)9-3-4-9/h9H,3-6H2,1-2H3,(H,14,15). The predicted molar refractivity (Wildman–Crippen MR) is 62.7 cm³/mol. The topological polar surface area (TPSA) is 53.4 Å². The minimum atomic E-state index is -0.745.